The Labute approximate surface area is 175 Å². The van der Waals surface area contributed by atoms with Gasteiger partial charge in [-0.15, -0.1) is 0 Å². The average molecular weight is 404 g/mol. The van der Waals surface area contributed by atoms with Crippen LogP contribution in [0, 0.1) is 6.92 Å². The minimum absolute atomic E-state index is 0.00842. The molecule has 2 heterocycles. The quantitative estimate of drug-likeness (QED) is 0.566. The second-order valence-corrected chi connectivity index (χ2v) is 7.97. The van der Waals surface area contributed by atoms with Crippen molar-refractivity contribution in [2.24, 2.45) is 0 Å². The maximum Gasteiger partial charge on any atom is 0.222 e. The summed E-state index contributed by atoms with van der Waals surface area (Å²) < 4.78 is 15.4. The molecule has 1 amide bonds. The number of nitrogens with zero attached hydrogens (tertiary/aromatic N) is 2. The van der Waals surface area contributed by atoms with Gasteiger partial charge in [-0.2, -0.15) is 0 Å². The first-order valence-corrected chi connectivity index (χ1v) is 10.4. The van der Waals surface area contributed by atoms with Gasteiger partial charge in [0.15, 0.2) is 11.5 Å². The molecule has 4 rings (SSSR count). The molecule has 2 aromatic carbocycles. The number of ketones is 1. The van der Waals surface area contributed by atoms with Crippen LogP contribution in [0.15, 0.2) is 54.7 Å². The highest BCUT2D eigenvalue weighted by Crippen LogP contribution is 2.32. The first-order valence-electron chi connectivity index (χ1n) is 10.4. The Morgan fingerprint density at radius 3 is 2.47 bits per heavy atom. The van der Waals surface area contributed by atoms with Gasteiger partial charge in [0, 0.05) is 49.5 Å². The van der Waals surface area contributed by atoms with Gasteiger partial charge in [0.25, 0.3) is 0 Å². The van der Waals surface area contributed by atoms with Gasteiger partial charge in [-0.05, 0) is 41.8 Å². The first kappa shape index (κ1) is 20.2. The third kappa shape index (κ3) is 3.72. The molecule has 1 aliphatic rings. The molecule has 154 valence electrons. The Kier molecular flexibility index (Phi) is 5.37. The Morgan fingerprint density at radius 1 is 1.10 bits per heavy atom. The monoisotopic (exact) mass is 404 g/mol. The van der Waals surface area contributed by atoms with Crippen molar-refractivity contribution >= 4 is 22.6 Å². The van der Waals surface area contributed by atoms with Gasteiger partial charge >= 0.3 is 0 Å². The number of pyridine rings is 1. The summed E-state index contributed by atoms with van der Waals surface area (Å²) in [6.07, 6.45) is 2.27. The minimum Gasteiger partial charge on any atom is -0.342 e. The molecule has 0 aliphatic carbocycles. The molecule has 0 unspecified atom stereocenters. The molecule has 5 heteroatoms. The SMILES string of the molecule is CCC(=O)N1CCC(F)(C(=O)c2ccc(-c3cc4ncccc4cc3C)cc2)CC1. The highest BCUT2D eigenvalue weighted by molar-refractivity contribution is 6.03. The molecule has 1 fully saturated rings. The van der Waals surface area contributed by atoms with Crippen LogP contribution in [0.4, 0.5) is 4.39 Å². The van der Waals surface area contributed by atoms with Gasteiger partial charge in [0.1, 0.15) is 0 Å². The van der Waals surface area contributed by atoms with E-state index in [4.69, 9.17) is 0 Å². The molecule has 0 radical (unpaired) electrons. The zero-order valence-electron chi connectivity index (χ0n) is 17.3. The third-order valence-electron chi connectivity index (χ3n) is 6.03. The molecule has 0 N–H and O–H groups in total. The molecular formula is C25H25FN2O2. The number of aromatic nitrogens is 1. The van der Waals surface area contributed by atoms with Crippen LogP contribution in [0.1, 0.15) is 42.1 Å². The standard InChI is InChI=1S/C25H25FN2O2/c1-3-23(29)28-13-10-25(26,11-14-28)24(30)19-8-6-18(7-9-19)21-16-22-20(15-17(21)2)5-4-12-27-22/h4-9,12,15-16H,3,10-11,13-14H2,1-2H3. The number of carbonyl (C=O) groups is 2. The maximum atomic E-state index is 15.4. The number of rotatable bonds is 4. The number of Topliss-reactive ketones (excluding diaryl/α,β-unsaturated/α-hetero) is 1. The molecule has 0 saturated carbocycles. The number of likely N-dealkylation sites (tertiary alicyclic amines) is 1. The third-order valence-corrected chi connectivity index (χ3v) is 6.03. The van der Waals surface area contributed by atoms with Gasteiger partial charge < -0.3 is 4.90 Å². The van der Waals surface area contributed by atoms with E-state index < -0.39 is 11.5 Å². The Morgan fingerprint density at radius 2 is 1.80 bits per heavy atom. The lowest BCUT2D eigenvalue weighted by atomic mass is 9.85. The van der Waals surface area contributed by atoms with Crippen molar-refractivity contribution in [1.82, 2.24) is 9.88 Å². The summed E-state index contributed by atoms with van der Waals surface area (Å²) in [6.45, 7) is 4.41. The van der Waals surface area contributed by atoms with Gasteiger partial charge in [-0.1, -0.05) is 37.3 Å². The summed E-state index contributed by atoms with van der Waals surface area (Å²) in [6, 6.07) is 15.2. The van der Waals surface area contributed by atoms with E-state index in [1.54, 1.807) is 30.2 Å². The Balaban J connectivity index is 1.55. The Hall–Kier alpha value is -3.08. The first-order chi connectivity index (χ1) is 14.4. The largest absolute Gasteiger partial charge is 0.342 e. The number of halogens is 1. The summed E-state index contributed by atoms with van der Waals surface area (Å²) in [5, 5.41) is 1.08. The zero-order valence-corrected chi connectivity index (χ0v) is 17.3. The van der Waals surface area contributed by atoms with E-state index in [9.17, 15) is 9.59 Å². The van der Waals surface area contributed by atoms with E-state index in [0.717, 1.165) is 27.6 Å². The van der Waals surface area contributed by atoms with Crippen molar-refractivity contribution < 1.29 is 14.0 Å². The second kappa shape index (κ2) is 7.98. The summed E-state index contributed by atoms with van der Waals surface area (Å²) in [4.78, 5) is 30.7. The molecule has 1 aromatic heterocycles. The van der Waals surface area contributed by atoms with Crippen molar-refractivity contribution in [1.29, 1.82) is 0 Å². The molecule has 0 bridgehead atoms. The number of piperidine rings is 1. The number of fused-ring (bicyclic) bond motifs is 1. The van der Waals surface area contributed by atoms with E-state index >= 15 is 4.39 Å². The van der Waals surface area contributed by atoms with E-state index in [2.05, 4.69) is 11.1 Å². The second-order valence-electron chi connectivity index (χ2n) is 7.97. The number of hydrogen-bond acceptors (Lipinski definition) is 3. The molecule has 1 saturated heterocycles. The lowest BCUT2D eigenvalue weighted by Crippen LogP contribution is -2.48. The van der Waals surface area contributed by atoms with Crippen molar-refractivity contribution in [2.45, 2.75) is 38.8 Å². The van der Waals surface area contributed by atoms with Crippen LogP contribution in [0.25, 0.3) is 22.0 Å². The average Bonchev–Trinajstić information content (AvgIpc) is 2.78. The minimum atomic E-state index is -1.91. The van der Waals surface area contributed by atoms with Crippen LogP contribution in [-0.4, -0.2) is 40.3 Å². The summed E-state index contributed by atoms with van der Waals surface area (Å²) >= 11 is 0. The van der Waals surface area contributed by atoms with Gasteiger partial charge in [-0.25, -0.2) is 4.39 Å². The predicted octanol–water partition coefficient (Wildman–Crippen LogP) is 5.13. The number of carbonyl (C=O) groups excluding carboxylic acids is 2. The maximum absolute atomic E-state index is 15.4. The van der Waals surface area contributed by atoms with Crippen molar-refractivity contribution in [3.63, 3.8) is 0 Å². The fourth-order valence-electron chi connectivity index (χ4n) is 4.17. The number of alkyl halides is 1. The van der Waals surface area contributed by atoms with Crippen molar-refractivity contribution in [3.8, 4) is 11.1 Å². The van der Waals surface area contributed by atoms with Crippen LogP contribution in [0.3, 0.4) is 0 Å². The smallest absolute Gasteiger partial charge is 0.222 e. The molecule has 30 heavy (non-hydrogen) atoms. The van der Waals surface area contributed by atoms with E-state index in [1.807, 2.05) is 37.3 Å². The van der Waals surface area contributed by atoms with E-state index in [0.29, 0.717) is 12.0 Å². The topological polar surface area (TPSA) is 50.3 Å². The zero-order chi connectivity index (χ0) is 21.3. The van der Waals surface area contributed by atoms with Crippen LogP contribution in [0.5, 0.6) is 0 Å². The van der Waals surface area contributed by atoms with Crippen LogP contribution < -0.4 is 0 Å². The number of amides is 1. The molecular weight excluding hydrogens is 379 g/mol. The van der Waals surface area contributed by atoms with Crippen molar-refractivity contribution in [3.05, 3.63) is 65.9 Å². The van der Waals surface area contributed by atoms with E-state index in [-0.39, 0.29) is 31.8 Å². The van der Waals surface area contributed by atoms with Crippen LogP contribution in [-0.2, 0) is 4.79 Å². The predicted molar refractivity (Wildman–Crippen MR) is 116 cm³/mol. The van der Waals surface area contributed by atoms with Crippen LogP contribution >= 0.6 is 0 Å². The van der Waals surface area contributed by atoms with Gasteiger partial charge in [0.05, 0.1) is 5.52 Å². The molecule has 0 atom stereocenters. The number of aryl methyl sites for hydroxylation is 1. The lowest BCUT2D eigenvalue weighted by molar-refractivity contribution is -0.133. The summed E-state index contributed by atoms with van der Waals surface area (Å²) in [5.41, 5.74) is 2.50. The number of hydrogen-bond donors (Lipinski definition) is 0. The fraction of sp³-hybridized carbons (Fsp3) is 0.320. The molecule has 3 aromatic rings. The normalized spacial score (nSPS) is 15.9. The Bertz CT molecular complexity index is 1100. The van der Waals surface area contributed by atoms with E-state index in [1.165, 1.54) is 0 Å². The van der Waals surface area contributed by atoms with Crippen molar-refractivity contribution in [2.75, 3.05) is 13.1 Å². The molecule has 4 nitrogen and oxygen atoms in total. The van der Waals surface area contributed by atoms with Gasteiger partial charge in [-0.3, -0.25) is 14.6 Å². The molecule has 1 aliphatic heterocycles. The van der Waals surface area contributed by atoms with Gasteiger partial charge in [0.2, 0.25) is 5.91 Å². The highest BCUT2D eigenvalue weighted by atomic mass is 19.1. The summed E-state index contributed by atoms with van der Waals surface area (Å²) in [7, 11) is 0. The summed E-state index contributed by atoms with van der Waals surface area (Å²) in [5.74, 6) is -0.483. The van der Waals surface area contributed by atoms with Crippen LogP contribution in [0.2, 0.25) is 0 Å². The fourth-order valence-corrected chi connectivity index (χ4v) is 4.17. The highest BCUT2D eigenvalue weighted by Gasteiger charge is 2.42. The molecule has 0 spiro atoms. The lowest BCUT2D eigenvalue weighted by Gasteiger charge is -2.35. The number of benzene rings is 2.